The molecule has 0 spiro atoms. The highest BCUT2D eigenvalue weighted by Crippen LogP contribution is 2.39. The van der Waals surface area contributed by atoms with Gasteiger partial charge in [-0.15, -0.1) is 0 Å². The van der Waals surface area contributed by atoms with Crippen molar-refractivity contribution in [2.75, 3.05) is 30.3 Å². The number of hydrogen-bond acceptors (Lipinski definition) is 5. The van der Waals surface area contributed by atoms with Crippen molar-refractivity contribution in [1.82, 2.24) is 4.90 Å². The van der Waals surface area contributed by atoms with E-state index in [1.165, 1.54) is 12.0 Å². The summed E-state index contributed by atoms with van der Waals surface area (Å²) in [6.45, 7) is 4.53. The number of nitrogens with zero attached hydrogens (tertiary/aromatic N) is 1. The maximum absolute atomic E-state index is 13.1. The van der Waals surface area contributed by atoms with Crippen molar-refractivity contribution < 1.29 is 14.0 Å². The molecule has 6 nitrogen and oxygen atoms in total. The minimum absolute atomic E-state index is 0.0104. The van der Waals surface area contributed by atoms with Gasteiger partial charge in [-0.3, -0.25) is 14.5 Å². The molecule has 38 heavy (non-hydrogen) atoms. The van der Waals surface area contributed by atoms with Crippen molar-refractivity contribution >= 4 is 34.7 Å². The Balaban J connectivity index is 1.34. The lowest BCUT2D eigenvalue weighted by Gasteiger charge is -2.25. The van der Waals surface area contributed by atoms with Gasteiger partial charge in [0.05, 0.1) is 18.2 Å². The second-order valence-corrected chi connectivity index (χ2v) is 10.8. The minimum Gasteiger partial charge on any atom is -0.461 e. The monoisotopic (exact) mass is 509 g/mol. The number of piperidine rings is 1. The van der Waals surface area contributed by atoms with Crippen molar-refractivity contribution in [3.8, 4) is 0 Å². The molecule has 2 aromatic carbocycles. The fourth-order valence-corrected chi connectivity index (χ4v) is 6.10. The van der Waals surface area contributed by atoms with E-state index in [-0.39, 0.29) is 17.7 Å². The van der Waals surface area contributed by atoms with Crippen LogP contribution in [0.25, 0.3) is 11.6 Å². The van der Waals surface area contributed by atoms with Gasteiger partial charge in [0.15, 0.2) is 5.78 Å². The first kappa shape index (κ1) is 24.7. The van der Waals surface area contributed by atoms with E-state index < -0.39 is 0 Å². The second kappa shape index (κ2) is 10.6. The van der Waals surface area contributed by atoms with E-state index in [0.717, 1.165) is 85.6 Å². The Morgan fingerprint density at radius 3 is 2.66 bits per heavy atom. The summed E-state index contributed by atoms with van der Waals surface area (Å²) in [5.74, 6) is 1.70. The molecule has 1 atom stereocenters. The minimum atomic E-state index is -0.162. The molecule has 1 fully saturated rings. The number of rotatable bonds is 7. The second-order valence-electron chi connectivity index (χ2n) is 10.8. The van der Waals surface area contributed by atoms with Gasteiger partial charge in [0.25, 0.3) is 5.91 Å². The van der Waals surface area contributed by atoms with Gasteiger partial charge < -0.3 is 15.1 Å². The van der Waals surface area contributed by atoms with Gasteiger partial charge in [0, 0.05) is 34.5 Å². The van der Waals surface area contributed by atoms with E-state index >= 15 is 0 Å². The van der Waals surface area contributed by atoms with Gasteiger partial charge in [-0.2, -0.15) is 0 Å². The van der Waals surface area contributed by atoms with Crippen LogP contribution >= 0.6 is 0 Å². The molecule has 0 saturated carbocycles. The topological polar surface area (TPSA) is 74.6 Å². The van der Waals surface area contributed by atoms with Crippen LogP contribution in [0.4, 0.5) is 11.4 Å². The van der Waals surface area contributed by atoms with Crippen LogP contribution in [-0.4, -0.2) is 36.2 Å². The smallest absolute Gasteiger partial charge is 0.256 e. The number of anilines is 2. The maximum Gasteiger partial charge on any atom is 0.256 e. The zero-order chi connectivity index (χ0) is 26.1. The number of amides is 1. The third kappa shape index (κ3) is 4.93. The molecular formula is C32H35N3O3. The first-order valence-corrected chi connectivity index (χ1v) is 14.0. The predicted octanol–water partition coefficient (Wildman–Crippen LogP) is 6.49. The van der Waals surface area contributed by atoms with E-state index in [0.29, 0.717) is 17.7 Å². The molecular weight excluding hydrogens is 474 g/mol. The molecule has 0 bridgehead atoms. The molecule has 1 aromatic heterocycles. The Hall–Kier alpha value is -3.64. The molecule has 3 aliphatic rings. The highest BCUT2D eigenvalue weighted by Gasteiger charge is 2.30. The number of likely N-dealkylation sites (tertiary alicyclic amines) is 1. The Bertz CT molecular complexity index is 1380. The first-order valence-electron chi connectivity index (χ1n) is 14.0. The van der Waals surface area contributed by atoms with Gasteiger partial charge in [-0.25, -0.2) is 0 Å². The van der Waals surface area contributed by atoms with Gasteiger partial charge in [-0.05, 0) is 94.1 Å². The quantitative estimate of drug-likeness (QED) is 0.281. The largest absolute Gasteiger partial charge is 0.461 e. The average molecular weight is 510 g/mol. The lowest BCUT2D eigenvalue weighted by Crippen LogP contribution is -2.34. The zero-order valence-corrected chi connectivity index (χ0v) is 22.0. The molecule has 3 heterocycles. The average Bonchev–Trinajstić information content (AvgIpc) is 3.46. The highest BCUT2D eigenvalue weighted by molar-refractivity contribution is 6.35. The molecule has 1 unspecified atom stereocenters. The molecule has 0 radical (unpaired) electrons. The Labute approximate surface area is 224 Å². The summed E-state index contributed by atoms with van der Waals surface area (Å²) in [6, 6.07) is 15.7. The molecule has 2 aliphatic heterocycles. The molecule has 196 valence electrons. The Morgan fingerprint density at radius 1 is 1.05 bits per heavy atom. The molecule has 1 saturated heterocycles. The molecule has 3 aromatic rings. The third-order valence-corrected chi connectivity index (χ3v) is 8.05. The van der Waals surface area contributed by atoms with Crippen LogP contribution in [0.3, 0.4) is 0 Å². The van der Waals surface area contributed by atoms with Crippen LogP contribution in [0.1, 0.15) is 83.6 Å². The zero-order valence-electron chi connectivity index (χ0n) is 22.0. The molecule has 2 N–H and O–H groups in total. The number of Topliss-reactive ketones (excluding diaryl/α,β-unsaturated/α-hetero) is 1. The highest BCUT2D eigenvalue weighted by atomic mass is 16.3. The molecule has 6 heteroatoms. The number of aryl methyl sites for hydroxylation is 1. The number of ketones is 1. The number of fused-ring (bicyclic) bond motifs is 2. The molecule has 1 aliphatic carbocycles. The number of benzene rings is 2. The Kier molecular flexibility index (Phi) is 6.90. The van der Waals surface area contributed by atoms with Crippen LogP contribution in [0.2, 0.25) is 0 Å². The van der Waals surface area contributed by atoms with E-state index in [4.69, 9.17) is 4.42 Å². The Morgan fingerprint density at radius 2 is 1.84 bits per heavy atom. The van der Waals surface area contributed by atoms with Crippen molar-refractivity contribution in [2.24, 2.45) is 0 Å². The summed E-state index contributed by atoms with van der Waals surface area (Å²) < 4.78 is 6.43. The van der Waals surface area contributed by atoms with Gasteiger partial charge in [0.2, 0.25) is 0 Å². The van der Waals surface area contributed by atoms with Crippen LogP contribution in [0, 0.1) is 0 Å². The van der Waals surface area contributed by atoms with Crippen molar-refractivity contribution in [3.63, 3.8) is 0 Å². The van der Waals surface area contributed by atoms with Crippen LogP contribution in [0.15, 0.2) is 52.9 Å². The van der Waals surface area contributed by atoms with Crippen LogP contribution < -0.4 is 10.6 Å². The van der Waals surface area contributed by atoms with E-state index in [9.17, 15) is 9.59 Å². The fourth-order valence-electron chi connectivity index (χ4n) is 6.10. The summed E-state index contributed by atoms with van der Waals surface area (Å²) in [4.78, 5) is 28.5. The fraction of sp³-hybridized carbons (Fsp3) is 0.375. The number of carbonyl (C=O) groups is 2. The molecule has 1 amide bonds. The van der Waals surface area contributed by atoms with Crippen LogP contribution in [-0.2, 0) is 17.6 Å². The standard InChI is InChI=1S/C32H35N3O3/c1-21(33-23-10-4-2-5-11-23)31-24-12-6-7-13-29(24)38-30(31)19-26-25-18-22(14-15-27(25)34-32(26)37)28(36)20-35-16-8-3-9-17-35/h2,4-5,10-11,14-15,18-19,21,33H,3,6-9,12-13,16-17,20H2,1H3,(H,34,37). The van der Waals surface area contributed by atoms with E-state index in [1.807, 2.05) is 42.5 Å². The summed E-state index contributed by atoms with van der Waals surface area (Å²) in [7, 11) is 0. The normalized spacial score (nSPS) is 19.1. The summed E-state index contributed by atoms with van der Waals surface area (Å²) in [5, 5.41) is 6.59. The van der Waals surface area contributed by atoms with Gasteiger partial charge >= 0.3 is 0 Å². The lowest BCUT2D eigenvalue weighted by molar-refractivity contribution is -0.110. The van der Waals surface area contributed by atoms with E-state index in [2.05, 4.69) is 34.6 Å². The lowest BCUT2D eigenvalue weighted by atomic mass is 9.91. The maximum atomic E-state index is 13.1. The first-order chi connectivity index (χ1) is 18.6. The van der Waals surface area contributed by atoms with Gasteiger partial charge in [0.1, 0.15) is 11.5 Å². The predicted molar refractivity (Wildman–Crippen MR) is 151 cm³/mol. The number of carbonyl (C=O) groups excluding carboxylic acids is 2. The SMILES string of the molecule is CC(Nc1ccccc1)c1c(C=C2C(=O)Nc3ccc(C(=O)CN4CCCCC4)cc32)oc2c1CCCC2. The number of nitrogens with one attached hydrogen (secondary N) is 2. The number of furan rings is 1. The summed E-state index contributed by atoms with van der Waals surface area (Å²) in [5.41, 5.74) is 6.14. The van der Waals surface area contributed by atoms with E-state index in [1.54, 1.807) is 0 Å². The number of para-hydroxylation sites is 1. The summed E-state index contributed by atoms with van der Waals surface area (Å²) in [6.07, 6.45) is 9.57. The number of hydrogen-bond donors (Lipinski definition) is 2. The van der Waals surface area contributed by atoms with Crippen molar-refractivity contribution in [1.29, 1.82) is 0 Å². The molecule has 6 rings (SSSR count). The van der Waals surface area contributed by atoms with Crippen molar-refractivity contribution in [2.45, 2.75) is 57.9 Å². The van der Waals surface area contributed by atoms with Crippen LogP contribution in [0.5, 0.6) is 0 Å². The van der Waals surface area contributed by atoms with Crippen molar-refractivity contribution in [3.05, 3.63) is 82.3 Å². The third-order valence-electron chi connectivity index (χ3n) is 8.05. The van der Waals surface area contributed by atoms with Gasteiger partial charge in [-0.1, -0.05) is 24.6 Å². The summed E-state index contributed by atoms with van der Waals surface area (Å²) >= 11 is 0.